The standard InChI is InChI=1S/C38H28N8O13S4.2K.2Na/c47-46(45-32-12-10-29(11-13-32)40-42-31-16-21-36(22-17-31)61(51,52)53)34-18-4-26(38(24-34)63(57,58)59)2-1-25-3-5-33(23-37(25)62(54,55)56)44-43-28-8-6-27(7-9-28)39-41-30-14-19-35(20-15-30)60(48,49)50;;;;/h1-24H,(H,48,49,50)(H,51,52,53)(H,54,55,56)(H,57,58,59);;;;/q;4*+1/p-4/b2-1+,41-39?,42-40?,44-43?,46-45?;;;;. The summed E-state index contributed by atoms with van der Waals surface area (Å²) in [6, 6.07) is 27.6. The first-order chi connectivity index (χ1) is 29.6. The van der Waals surface area contributed by atoms with E-state index in [1.54, 1.807) is 0 Å². The van der Waals surface area contributed by atoms with Gasteiger partial charge in [-0.1, -0.05) is 23.1 Å². The van der Waals surface area contributed by atoms with Crippen molar-refractivity contribution >= 4 is 98.1 Å². The van der Waals surface area contributed by atoms with E-state index in [0.29, 0.717) is 11.4 Å². The van der Waals surface area contributed by atoms with Crippen LogP contribution in [0.5, 0.6) is 0 Å². The number of hydrogen-bond acceptors (Lipinski definition) is 20. The molecule has 0 aromatic heterocycles. The van der Waals surface area contributed by atoms with Crippen LogP contribution in [0.25, 0.3) is 12.2 Å². The Morgan fingerprint density at radius 3 is 1.00 bits per heavy atom. The molecule has 6 aromatic carbocycles. The third-order valence-corrected chi connectivity index (χ3v) is 11.7. The summed E-state index contributed by atoms with van der Waals surface area (Å²) in [5.74, 6) is 0. The molecule has 0 atom stereocenters. The maximum Gasteiger partial charge on any atom is 1.00 e. The van der Waals surface area contributed by atoms with E-state index in [2.05, 4.69) is 35.8 Å². The van der Waals surface area contributed by atoms with Crippen LogP contribution in [0.1, 0.15) is 11.1 Å². The Morgan fingerprint density at radius 1 is 0.373 bits per heavy atom. The molecule has 0 aliphatic carbocycles. The predicted molar refractivity (Wildman–Crippen MR) is 217 cm³/mol. The van der Waals surface area contributed by atoms with Crippen molar-refractivity contribution in [3.8, 4) is 0 Å². The smallest absolute Gasteiger partial charge is 0.744 e. The van der Waals surface area contributed by atoms with Gasteiger partial charge in [-0.2, -0.15) is 30.7 Å². The normalized spacial score (nSPS) is 12.4. The summed E-state index contributed by atoms with van der Waals surface area (Å²) in [4.78, 5) is -2.41. The van der Waals surface area contributed by atoms with E-state index in [1.807, 2.05) is 0 Å². The van der Waals surface area contributed by atoms with E-state index in [0.717, 1.165) is 60.7 Å². The first kappa shape index (κ1) is 61.3. The summed E-state index contributed by atoms with van der Waals surface area (Å²) in [7, 11) is -19.6. The molecule has 0 saturated heterocycles. The molecule has 67 heavy (non-hydrogen) atoms. The first-order valence-electron chi connectivity index (χ1n) is 17.3. The van der Waals surface area contributed by atoms with Crippen molar-refractivity contribution in [2.75, 3.05) is 0 Å². The SMILES string of the molecule is O=S(=O)([O-])c1ccc(N=Nc2ccc(N=Nc3ccc(/C=C/c4ccc([N+]([O-])=Nc5ccc(N=Nc6ccc(S(=O)(=O)[O-])cc6)cc5)cc4S(=O)(=O)[O-])c(S(=O)(=O)[O-])c3)cc2)cc1.[K+].[K+].[Na+].[Na+]. The van der Waals surface area contributed by atoms with Crippen LogP contribution in [0.3, 0.4) is 0 Å². The monoisotopic (exact) mass is 1050 g/mol. The molecule has 21 nitrogen and oxygen atoms in total. The molecule has 0 aliphatic rings. The third-order valence-electron chi connectivity index (χ3n) is 8.20. The van der Waals surface area contributed by atoms with Crippen molar-refractivity contribution < 1.29 is 219 Å². The van der Waals surface area contributed by atoms with Gasteiger partial charge in [0.1, 0.15) is 46.2 Å². The number of rotatable bonds is 14. The number of azo groups is 4. The van der Waals surface area contributed by atoms with Gasteiger partial charge in [0.05, 0.1) is 53.7 Å². The Balaban J connectivity index is 0.00000385. The molecule has 29 heteroatoms. The summed E-state index contributed by atoms with van der Waals surface area (Å²) in [5, 5.41) is 40.6. The van der Waals surface area contributed by atoms with Crippen molar-refractivity contribution in [3.63, 3.8) is 0 Å². The molecule has 0 bridgehead atoms. The molecule has 0 N–H and O–H groups in total. The molecule has 0 spiro atoms. The van der Waals surface area contributed by atoms with Gasteiger partial charge in [0.25, 0.3) is 0 Å². The molecule has 322 valence electrons. The van der Waals surface area contributed by atoms with Crippen molar-refractivity contribution in [1.82, 2.24) is 0 Å². The second kappa shape index (κ2) is 26.6. The van der Waals surface area contributed by atoms with Gasteiger partial charge >= 0.3 is 162 Å². The number of hydrogen-bond donors (Lipinski definition) is 0. The van der Waals surface area contributed by atoms with Gasteiger partial charge in [-0.3, -0.25) is 0 Å². The fourth-order valence-electron chi connectivity index (χ4n) is 5.16. The van der Waals surface area contributed by atoms with E-state index in [4.69, 9.17) is 0 Å². The summed E-state index contributed by atoms with van der Waals surface area (Å²) in [5.41, 5.74) is 0.690. The van der Waals surface area contributed by atoms with Crippen LogP contribution >= 0.6 is 0 Å². The zero-order valence-electron chi connectivity index (χ0n) is 35.4. The van der Waals surface area contributed by atoms with E-state index >= 15 is 0 Å². The van der Waals surface area contributed by atoms with Crippen LogP contribution in [0, 0.1) is 5.21 Å². The van der Waals surface area contributed by atoms with Gasteiger partial charge in [-0.25, -0.2) is 33.7 Å². The van der Waals surface area contributed by atoms with Crippen LogP contribution in [-0.2, 0) is 40.5 Å². The van der Waals surface area contributed by atoms with Crippen molar-refractivity contribution in [2.45, 2.75) is 19.6 Å². The minimum absolute atomic E-state index is 0. The maximum atomic E-state index is 12.9. The topological polar surface area (TPSA) is 341 Å². The summed E-state index contributed by atoms with van der Waals surface area (Å²) < 4.78 is 140. The Hall–Kier alpha value is -1.83. The molecule has 6 rings (SSSR count). The average molecular weight is 1050 g/mol. The molecule has 0 saturated carbocycles. The van der Waals surface area contributed by atoms with Gasteiger partial charge in [-0.15, -0.1) is 0 Å². The average Bonchev–Trinajstić information content (AvgIpc) is 3.23. The summed E-state index contributed by atoms with van der Waals surface area (Å²) in [6.07, 6.45) is 2.14. The molecule has 6 aromatic rings. The van der Waals surface area contributed by atoms with Crippen LogP contribution in [-0.4, -0.2) is 56.7 Å². The van der Waals surface area contributed by atoms with E-state index in [1.165, 1.54) is 84.9 Å². The van der Waals surface area contributed by atoms with Crippen LogP contribution in [0.2, 0.25) is 0 Å². The van der Waals surface area contributed by atoms with E-state index in [-0.39, 0.29) is 212 Å². The minimum Gasteiger partial charge on any atom is -0.744 e. The summed E-state index contributed by atoms with van der Waals surface area (Å²) in [6.45, 7) is 0. The van der Waals surface area contributed by atoms with Crippen LogP contribution in [0.4, 0.5) is 45.5 Å². The fraction of sp³-hybridized carbons (Fsp3) is 0. The molecule has 0 fully saturated rings. The van der Waals surface area contributed by atoms with Gasteiger partial charge in [0.2, 0.25) is 5.69 Å². The quantitative estimate of drug-likeness (QED) is 0.0258. The Labute approximate surface area is 513 Å². The van der Waals surface area contributed by atoms with Crippen molar-refractivity contribution in [3.05, 3.63) is 150 Å². The van der Waals surface area contributed by atoms with Crippen molar-refractivity contribution in [2.24, 2.45) is 35.8 Å². The largest absolute Gasteiger partial charge is 1.00 e. The molecular formula is C38H24K2N8Na2O13S4. The summed E-state index contributed by atoms with van der Waals surface area (Å²) >= 11 is 0. The Morgan fingerprint density at radius 2 is 0.657 bits per heavy atom. The maximum absolute atomic E-state index is 12.9. The molecule has 0 unspecified atom stereocenters. The third kappa shape index (κ3) is 18.4. The molecular weight excluding hydrogens is 1030 g/mol. The molecule has 0 amide bonds. The van der Waals surface area contributed by atoms with Gasteiger partial charge in [0.15, 0.2) is 0 Å². The second-order valence-electron chi connectivity index (χ2n) is 12.6. The van der Waals surface area contributed by atoms with Crippen molar-refractivity contribution in [1.29, 1.82) is 0 Å². The molecule has 0 heterocycles. The number of benzene rings is 6. The van der Waals surface area contributed by atoms with Gasteiger partial charge in [0, 0.05) is 17.2 Å². The predicted octanol–water partition coefficient (Wildman–Crippen LogP) is -3.34. The second-order valence-corrected chi connectivity index (χ2v) is 18.0. The van der Waals surface area contributed by atoms with Crippen LogP contribution in [0.15, 0.2) is 189 Å². The molecule has 0 aliphatic heterocycles. The zero-order chi connectivity index (χ0) is 45.6. The Kier molecular flexibility index (Phi) is 24.3. The Bertz CT molecular complexity index is 3330. The number of nitrogens with zero attached hydrogens (tertiary/aromatic N) is 8. The van der Waals surface area contributed by atoms with Crippen LogP contribution < -0.4 is 162 Å². The van der Waals surface area contributed by atoms with E-state index in [9.17, 15) is 57.1 Å². The van der Waals surface area contributed by atoms with E-state index < -0.39 is 60.1 Å². The zero-order valence-corrected chi connectivity index (χ0v) is 48.9. The van der Waals surface area contributed by atoms with Gasteiger partial charge < -0.3 is 23.4 Å². The fourth-order valence-corrected chi connectivity index (χ4v) is 7.47. The molecule has 0 radical (unpaired) electrons. The minimum atomic E-state index is -5.24. The first-order valence-corrected chi connectivity index (χ1v) is 22.9. The van der Waals surface area contributed by atoms with Gasteiger partial charge in [-0.05, 0) is 126 Å².